The predicted octanol–water partition coefficient (Wildman–Crippen LogP) is 3.32. The summed E-state index contributed by atoms with van der Waals surface area (Å²) < 4.78 is 2.26. The zero-order chi connectivity index (χ0) is 13.9. The Kier molecular flexibility index (Phi) is 4.29. The van der Waals surface area contributed by atoms with Gasteiger partial charge in [-0.05, 0) is 43.4 Å². The number of aliphatic hydroxyl groups excluding tert-OH is 1. The average molecular weight is 293 g/mol. The summed E-state index contributed by atoms with van der Waals surface area (Å²) in [6, 6.07) is 6.83. The fourth-order valence-electron chi connectivity index (χ4n) is 2.60. The van der Waals surface area contributed by atoms with Gasteiger partial charge >= 0.3 is 0 Å². The first-order chi connectivity index (χ1) is 9.78. The van der Waals surface area contributed by atoms with Crippen LogP contribution in [0.2, 0.25) is 5.02 Å². The van der Waals surface area contributed by atoms with Crippen molar-refractivity contribution < 1.29 is 5.11 Å². The molecule has 1 heterocycles. The molecule has 1 aromatic carbocycles. The van der Waals surface area contributed by atoms with Gasteiger partial charge in [0.15, 0.2) is 0 Å². The van der Waals surface area contributed by atoms with Gasteiger partial charge in [0, 0.05) is 47.9 Å². The monoisotopic (exact) mass is 292 g/mol. The summed E-state index contributed by atoms with van der Waals surface area (Å²) in [6.07, 6.45) is 6.67. The molecule has 2 N–H and O–H groups in total. The maximum atomic E-state index is 8.92. The molecule has 2 aromatic rings. The lowest BCUT2D eigenvalue weighted by atomic mass is 10.2. The van der Waals surface area contributed by atoms with Crippen LogP contribution in [0.1, 0.15) is 31.2 Å². The molecule has 1 aliphatic rings. The molecule has 3 nitrogen and oxygen atoms in total. The summed E-state index contributed by atoms with van der Waals surface area (Å²) in [5.74, 6) is 0. The van der Waals surface area contributed by atoms with Gasteiger partial charge in [-0.2, -0.15) is 0 Å². The number of aromatic nitrogens is 1. The first-order valence-corrected chi connectivity index (χ1v) is 7.77. The van der Waals surface area contributed by atoms with E-state index >= 15 is 0 Å². The Morgan fingerprint density at radius 1 is 1.30 bits per heavy atom. The van der Waals surface area contributed by atoms with Crippen LogP contribution in [-0.4, -0.2) is 22.3 Å². The highest BCUT2D eigenvalue weighted by molar-refractivity contribution is 6.31. The summed E-state index contributed by atoms with van der Waals surface area (Å²) >= 11 is 6.13. The molecule has 0 radical (unpaired) electrons. The van der Waals surface area contributed by atoms with Gasteiger partial charge in [-0.15, -0.1) is 0 Å². The minimum Gasteiger partial charge on any atom is -0.396 e. The first kappa shape index (κ1) is 13.9. The Bertz CT molecular complexity index is 589. The van der Waals surface area contributed by atoms with Gasteiger partial charge in [-0.3, -0.25) is 0 Å². The highest BCUT2D eigenvalue weighted by atomic mass is 35.5. The van der Waals surface area contributed by atoms with Crippen molar-refractivity contribution in [2.75, 3.05) is 6.61 Å². The Balaban J connectivity index is 1.84. The molecule has 1 aromatic heterocycles. The van der Waals surface area contributed by atoms with Crippen molar-refractivity contribution in [2.45, 2.75) is 44.8 Å². The Morgan fingerprint density at radius 2 is 2.15 bits per heavy atom. The Hall–Kier alpha value is -1.03. The summed E-state index contributed by atoms with van der Waals surface area (Å²) in [7, 11) is 0. The quantitative estimate of drug-likeness (QED) is 0.768. The van der Waals surface area contributed by atoms with Gasteiger partial charge in [0.25, 0.3) is 0 Å². The number of nitrogens with zero attached hydrogens (tertiary/aromatic N) is 1. The molecule has 4 heteroatoms. The molecule has 0 spiro atoms. The lowest BCUT2D eigenvalue weighted by Crippen LogP contribution is -2.14. The lowest BCUT2D eigenvalue weighted by molar-refractivity contribution is 0.281. The molecule has 108 valence electrons. The minimum absolute atomic E-state index is 0.260. The SMILES string of the molecule is OCCCCn1cc(CNC2CC2)c2ccc(Cl)cc21. The fourth-order valence-corrected chi connectivity index (χ4v) is 2.77. The number of halogens is 1. The van der Waals surface area contributed by atoms with Crippen LogP contribution in [0.5, 0.6) is 0 Å². The number of hydrogen-bond donors (Lipinski definition) is 2. The number of rotatable bonds is 7. The summed E-state index contributed by atoms with van der Waals surface area (Å²) in [4.78, 5) is 0. The number of nitrogens with one attached hydrogen (secondary N) is 1. The fraction of sp³-hybridized carbons (Fsp3) is 0.500. The summed E-state index contributed by atoms with van der Waals surface area (Å²) in [5, 5.41) is 14.6. The number of benzene rings is 1. The Labute approximate surface area is 124 Å². The van der Waals surface area contributed by atoms with E-state index in [1.165, 1.54) is 29.3 Å². The standard InChI is InChI=1S/C16H21ClN2O/c17-13-3-6-15-12(10-18-14-4-5-14)11-19(16(15)9-13)7-1-2-8-20/h3,6,9,11,14,18,20H,1-2,4-5,7-8,10H2. The third-order valence-corrected chi connectivity index (χ3v) is 4.13. The smallest absolute Gasteiger partial charge is 0.0498 e. The first-order valence-electron chi connectivity index (χ1n) is 7.39. The molecular weight excluding hydrogens is 272 g/mol. The predicted molar refractivity (Wildman–Crippen MR) is 83.1 cm³/mol. The van der Waals surface area contributed by atoms with Crippen LogP contribution in [-0.2, 0) is 13.1 Å². The molecule has 0 bridgehead atoms. The largest absolute Gasteiger partial charge is 0.396 e. The van der Waals surface area contributed by atoms with Crippen LogP contribution in [0, 0.1) is 0 Å². The van der Waals surface area contributed by atoms with E-state index in [2.05, 4.69) is 22.1 Å². The van der Waals surface area contributed by atoms with Crippen molar-refractivity contribution in [1.82, 2.24) is 9.88 Å². The molecule has 1 saturated carbocycles. The molecule has 0 amide bonds. The van der Waals surface area contributed by atoms with E-state index in [0.29, 0.717) is 0 Å². The van der Waals surface area contributed by atoms with Crippen LogP contribution in [0.25, 0.3) is 10.9 Å². The molecule has 0 atom stereocenters. The van der Waals surface area contributed by atoms with E-state index in [0.717, 1.165) is 37.0 Å². The van der Waals surface area contributed by atoms with Crippen LogP contribution >= 0.6 is 11.6 Å². The number of hydrogen-bond acceptors (Lipinski definition) is 2. The molecule has 1 aliphatic carbocycles. The normalized spacial score (nSPS) is 15.1. The highest BCUT2D eigenvalue weighted by Gasteiger charge is 2.20. The molecule has 0 aliphatic heterocycles. The number of aliphatic hydroxyl groups is 1. The second kappa shape index (κ2) is 6.17. The van der Waals surface area contributed by atoms with Crippen molar-refractivity contribution in [3.05, 3.63) is 35.0 Å². The topological polar surface area (TPSA) is 37.2 Å². The van der Waals surface area contributed by atoms with E-state index < -0.39 is 0 Å². The van der Waals surface area contributed by atoms with Crippen LogP contribution in [0.4, 0.5) is 0 Å². The maximum Gasteiger partial charge on any atom is 0.0498 e. The molecule has 1 fully saturated rings. The van der Waals surface area contributed by atoms with E-state index in [-0.39, 0.29) is 6.61 Å². The third kappa shape index (κ3) is 3.17. The molecule has 3 rings (SSSR count). The summed E-state index contributed by atoms with van der Waals surface area (Å²) in [6.45, 7) is 2.12. The molecule has 0 saturated heterocycles. The van der Waals surface area contributed by atoms with Gasteiger partial charge in [-0.25, -0.2) is 0 Å². The zero-order valence-electron chi connectivity index (χ0n) is 11.6. The van der Waals surface area contributed by atoms with Crippen LogP contribution in [0.15, 0.2) is 24.4 Å². The van der Waals surface area contributed by atoms with E-state index in [4.69, 9.17) is 16.7 Å². The lowest BCUT2D eigenvalue weighted by Gasteiger charge is -2.04. The van der Waals surface area contributed by atoms with Gasteiger partial charge in [-0.1, -0.05) is 17.7 Å². The van der Waals surface area contributed by atoms with Gasteiger partial charge in [0.1, 0.15) is 0 Å². The molecular formula is C16H21ClN2O. The molecule has 0 unspecified atom stereocenters. The Morgan fingerprint density at radius 3 is 2.90 bits per heavy atom. The number of unbranched alkanes of at least 4 members (excludes halogenated alkanes) is 1. The van der Waals surface area contributed by atoms with E-state index in [1.54, 1.807) is 0 Å². The highest BCUT2D eigenvalue weighted by Crippen LogP contribution is 2.26. The van der Waals surface area contributed by atoms with Gasteiger partial charge < -0.3 is 15.0 Å². The van der Waals surface area contributed by atoms with Crippen molar-refractivity contribution in [2.24, 2.45) is 0 Å². The molecule has 20 heavy (non-hydrogen) atoms. The number of fused-ring (bicyclic) bond motifs is 1. The van der Waals surface area contributed by atoms with Crippen LogP contribution in [0.3, 0.4) is 0 Å². The second-order valence-corrected chi connectivity index (χ2v) is 6.03. The summed E-state index contributed by atoms with van der Waals surface area (Å²) in [5.41, 5.74) is 2.54. The maximum absolute atomic E-state index is 8.92. The van der Waals surface area contributed by atoms with Crippen molar-refractivity contribution in [3.8, 4) is 0 Å². The third-order valence-electron chi connectivity index (χ3n) is 3.89. The average Bonchev–Trinajstić information content (AvgIpc) is 3.21. The van der Waals surface area contributed by atoms with Crippen molar-refractivity contribution in [3.63, 3.8) is 0 Å². The number of aryl methyl sites for hydroxylation is 1. The van der Waals surface area contributed by atoms with Crippen molar-refractivity contribution in [1.29, 1.82) is 0 Å². The van der Waals surface area contributed by atoms with Crippen molar-refractivity contribution >= 4 is 22.5 Å². The zero-order valence-corrected chi connectivity index (χ0v) is 12.4. The second-order valence-electron chi connectivity index (χ2n) is 5.60. The van der Waals surface area contributed by atoms with E-state index in [9.17, 15) is 0 Å². The van der Waals surface area contributed by atoms with E-state index in [1.807, 2.05) is 12.1 Å². The van der Waals surface area contributed by atoms with Gasteiger partial charge in [0.05, 0.1) is 0 Å². The van der Waals surface area contributed by atoms with Crippen LogP contribution < -0.4 is 5.32 Å². The minimum atomic E-state index is 0.260. The van der Waals surface area contributed by atoms with Gasteiger partial charge in [0.2, 0.25) is 0 Å².